The average Bonchev–Trinajstić information content (AvgIpc) is 3.16. The third-order valence-electron chi connectivity index (χ3n) is 4.26. The third kappa shape index (κ3) is 4.04. The van der Waals surface area contributed by atoms with Crippen LogP contribution in [0, 0.1) is 0 Å². The molecule has 134 valence electrons. The molecule has 0 fully saturated rings. The molecule has 0 atom stereocenters. The fourth-order valence-electron chi connectivity index (χ4n) is 2.89. The summed E-state index contributed by atoms with van der Waals surface area (Å²) in [6.07, 6.45) is 1.81. The largest absolute Gasteiger partial charge is 0.351 e. The van der Waals surface area contributed by atoms with E-state index in [4.69, 9.17) is 0 Å². The number of nitrogens with one attached hydrogen (secondary N) is 1. The molecule has 1 heterocycles. The van der Waals surface area contributed by atoms with Crippen LogP contribution in [0.5, 0.6) is 0 Å². The summed E-state index contributed by atoms with van der Waals surface area (Å²) in [7, 11) is 0. The number of rotatable bonds is 6. The SMILES string of the molecule is O=C(NCCSc1ccccc1)c1ccc(-n2cnc3ccccc32)cc1. The molecule has 0 spiro atoms. The van der Waals surface area contributed by atoms with Crippen molar-refractivity contribution in [1.82, 2.24) is 14.9 Å². The van der Waals surface area contributed by atoms with Crippen LogP contribution in [0.2, 0.25) is 0 Å². The summed E-state index contributed by atoms with van der Waals surface area (Å²) >= 11 is 1.73. The van der Waals surface area contributed by atoms with E-state index in [9.17, 15) is 4.79 Å². The van der Waals surface area contributed by atoms with Crippen molar-refractivity contribution in [2.45, 2.75) is 4.90 Å². The van der Waals surface area contributed by atoms with Gasteiger partial charge in [0, 0.05) is 28.4 Å². The normalized spacial score (nSPS) is 10.8. The lowest BCUT2D eigenvalue weighted by molar-refractivity contribution is 0.0956. The highest BCUT2D eigenvalue weighted by Gasteiger charge is 2.07. The van der Waals surface area contributed by atoms with Crippen LogP contribution in [0.4, 0.5) is 0 Å². The number of imidazole rings is 1. The van der Waals surface area contributed by atoms with Crippen LogP contribution >= 0.6 is 11.8 Å². The van der Waals surface area contributed by atoms with Gasteiger partial charge in [-0.15, -0.1) is 11.8 Å². The van der Waals surface area contributed by atoms with E-state index >= 15 is 0 Å². The molecule has 1 amide bonds. The second-order valence-corrected chi connectivity index (χ2v) is 7.24. The molecule has 0 aliphatic carbocycles. The zero-order valence-corrected chi connectivity index (χ0v) is 15.5. The molecule has 4 rings (SSSR count). The van der Waals surface area contributed by atoms with Gasteiger partial charge in [-0.05, 0) is 48.5 Å². The number of carbonyl (C=O) groups is 1. The Bertz CT molecular complexity index is 1040. The van der Waals surface area contributed by atoms with Gasteiger partial charge < -0.3 is 5.32 Å². The molecule has 0 saturated carbocycles. The van der Waals surface area contributed by atoms with E-state index in [2.05, 4.69) is 22.4 Å². The van der Waals surface area contributed by atoms with E-state index in [1.807, 2.05) is 71.3 Å². The molecule has 4 aromatic rings. The van der Waals surface area contributed by atoms with E-state index < -0.39 is 0 Å². The first-order valence-corrected chi connectivity index (χ1v) is 9.78. The van der Waals surface area contributed by atoms with Gasteiger partial charge in [0.2, 0.25) is 0 Å². The van der Waals surface area contributed by atoms with Gasteiger partial charge in [0.15, 0.2) is 0 Å². The summed E-state index contributed by atoms with van der Waals surface area (Å²) in [6.45, 7) is 0.631. The average molecular weight is 373 g/mol. The predicted molar refractivity (Wildman–Crippen MR) is 111 cm³/mol. The van der Waals surface area contributed by atoms with Crippen LogP contribution in [0.1, 0.15) is 10.4 Å². The minimum Gasteiger partial charge on any atom is -0.351 e. The van der Waals surface area contributed by atoms with Crippen LogP contribution < -0.4 is 5.32 Å². The number of hydrogen-bond donors (Lipinski definition) is 1. The molecule has 0 radical (unpaired) electrons. The highest BCUT2D eigenvalue weighted by molar-refractivity contribution is 7.99. The zero-order chi connectivity index (χ0) is 18.5. The standard InChI is InChI=1S/C22H19N3OS/c26-22(23-14-15-27-19-6-2-1-3-7-19)17-10-12-18(13-11-17)25-16-24-20-8-4-5-9-21(20)25/h1-13,16H,14-15H2,(H,23,26). The van der Waals surface area contributed by atoms with E-state index in [-0.39, 0.29) is 5.91 Å². The van der Waals surface area contributed by atoms with Crippen molar-refractivity contribution in [2.24, 2.45) is 0 Å². The van der Waals surface area contributed by atoms with Gasteiger partial charge in [-0.25, -0.2) is 4.98 Å². The molecule has 3 aromatic carbocycles. The Hall–Kier alpha value is -3.05. The van der Waals surface area contributed by atoms with Crippen LogP contribution in [-0.4, -0.2) is 27.8 Å². The number of carbonyl (C=O) groups excluding carboxylic acids is 1. The minimum absolute atomic E-state index is 0.0503. The smallest absolute Gasteiger partial charge is 0.251 e. The summed E-state index contributed by atoms with van der Waals surface area (Å²) in [5.74, 6) is 0.792. The summed E-state index contributed by atoms with van der Waals surface area (Å²) in [4.78, 5) is 17.9. The lowest BCUT2D eigenvalue weighted by Crippen LogP contribution is -2.25. The molecule has 0 saturated heterocycles. The quantitative estimate of drug-likeness (QED) is 0.398. The zero-order valence-electron chi connectivity index (χ0n) is 14.7. The lowest BCUT2D eigenvalue weighted by Gasteiger charge is -2.08. The maximum absolute atomic E-state index is 12.3. The van der Waals surface area contributed by atoms with E-state index in [1.165, 1.54) is 4.90 Å². The van der Waals surface area contributed by atoms with Crippen molar-refractivity contribution >= 4 is 28.7 Å². The van der Waals surface area contributed by atoms with Crippen molar-refractivity contribution in [3.8, 4) is 5.69 Å². The van der Waals surface area contributed by atoms with Crippen LogP contribution in [-0.2, 0) is 0 Å². The Morgan fingerprint density at radius 1 is 0.926 bits per heavy atom. The minimum atomic E-state index is -0.0503. The molecular formula is C22H19N3OS. The molecule has 1 N–H and O–H groups in total. The van der Waals surface area contributed by atoms with Crippen LogP contribution in [0.3, 0.4) is 0 Å². The van der Waals surface area contributed by atoms with E-state index in [1.54, 1.807) is 18.1 Å². The van der Waals surface area contributed by atoms with Gasteiger partial charge in [0.25, 0.3) is 5.91 Å². The maximum atomic E-state index is 12.3. The monoisotopic (exact) mass is 373 g/mol. The number of para-hydroxylation sites is 2. The van der Waals surface area contributed by atoms with Gasteiger partial charge in [0.05, 0.1) is 11.0 Å². The second kappa shape index (κ2) is 8.10. The maximum Gasteiger partial charge on any atom is 0.251 e. The van der Waals surface area contributed by atoms with Gasteiger partial charge in [0.1, 0.15) is 6.33 Å². The van der Waals surface area contributed by atoms with Gasteiger partial charge in [-0.1, -0.05) is 30.3 Å². The Balaban J connectivity index is 1.36. The lowest BCUT2D eigenvalue weighted by atomic mass is 10.2. The molecule has 5 heteroatoms. The second-order valence-electron chi connectivity index (χ2n) is 6.07. The fraction of sp³-hybridized carbons (Fsp3) is 0.0909. The van der Waals surface area contributed by atoms with Gasteiger partial charge in [-0.2, -0.15) is 0 Å². The van der Waals surface area contributed by atoms with Crippen molar-refractivity contribution in [2.75, 3.05) is 12.3 Å². The number of hydrogen-bond acceptors (Lipinski definition) is 3. The molecule has 0 aliphatic heterocycles. The number of fused-ring (bicyclic) bond motifs is 1. The third-order valence-corrected chi connectivity index (χ3v) is 5.27. The highest BCUT2D eigenvalue weighted by Crippen LogP contribution is 2.18. The fourth-order valence-corrected chi connectivity index (χ4v) is 3.68. The van der Waals surface area contributed by atoms with E-state index in [0.717, 1.165) is 22.5 Å². The Kier molecular flexibility index (Phi) is 5.21. The van der Waals surface area contributed by atoms with E-state index in [0.29, 0.717) is 12.1 Å². The van der Waals surface area contributed by atoms with Crippen molar-refractivity contribution in [1.29, 1.82) is 0 Å². The van der Waals surface area contributed by atoms with Gasteiger partial charge in [-0.3, -0.25) is 9.36 Å². The predicted octanol–water partition coefficient (Wildman–Crippen LogP) is 4.55. The number of aromatic nitrogens is 2. The number of nitrogens with zero attached hydrogens (tertiary/aromatic N) is 2. The first-order chi connectivity index (χ1) is 13.3. The molecule has 1 aromatic heterocycles. The molecule has 0 bridgehead atoms. The first-order valence-electron chi connectivity index (χ1n) is 8.80. The molecule has 0 unspecified atom stereocenters. The number of benzene rings is 3. The van der Waals surface area contributed by atoms with Crippen LogP contribution in [0.15, 0.2) is 90.1 Å². The molecule has 27 heavy (non-hydrogen) atoms. The Morgan fingerprint density at radius 2 is 1.67 bits per heavy atom. The summed E-state index contributed by atoms with van der Waals surface area (Å²) in [5, 5.41) is 2.97. The number of thioether (sulfide) groups is 1. The molecular weight excluding hydrogens is 354 g/mol. The number of amides is 1. The first kappa shape index (κ1) is 17.4. The summed E-state index contributed by atoms with van der Waals surface area (Å²) < 4.78 is 2.02. The summed E-state index contributed by atoms with van der Waals surface area (Å²) in [6, 6.07) is 25.8. The molecule has 4 nitrogen and oxygen atoms in total. The Labute approximate surface area is 162 Å². The van der Waals surface area contributed by atoms with Crippen molar-refractivity contribution in [3.63, 3.8) is 0 Å². The van der Waals surface area contributed by atoms with Crippen LogP contribution in [0.25, 0.3) is 16.7 Å². The highest BCUT2D eigenvalue weighted by atomic mass is 32.2. The van der Waals surface area contributed by atoms with Gasteiger partial charge >= 0.3 is 0 Å². The summed E-state index contributed by atoms with van der Waals surface area (Å²) in [5.41, 5.74) is 3.65. The molecule has 0 aliphatic rings. The topological polar surface area (TPSA) is 46.9 Å². The van der Waals surface area contributed by atoms with Crippen molar-refractivity contribution in [3.05, 3.63) is 90.8 Å². The van der Waals surface area contributed by atoms with Crippen molar-refractivity contribution < 1.29 is 4.79 Å². The Morgan fingerprint density at radius 3 is 2.48 bits per heavy atom.